The molecule has 1 fully saturated rings. The van der Waals surface area contributed by atoms with Crippen LogP contribution in [0.25, 0.3) is 10.8 Å². The van der Waals surface area contributed by atoms with Crippen molar-refractivity contribution < 1.29 is 4.79 Å². The molecule has 4 rings (SSSR count). The van der Waals surface area contributed by atoms with Gasteiger partial charge >= 0.3 is 0 Å². The summed E-state index contributed by atoms with van der Waals surface area (Å²) in [7, 11) is 0. The van der Waals surface area contributed by atoms with Crippen molar-refractivity contribution in [3.63, 3.8) is 0 Å². The molecule has 3 aromatic rings. The molecule has 0 atom stereocenters. The monoisotopic (exact) mass is 301 g/mol. The molecule has 23 heavy (non-hydrogen) atoms. The third kappa shape index (κ3) is 2.50. The highest BCUT2D eigenvalue weighted by atomic mass is 16.1. The lowest BCUT2D eigenvalue weighted by molar-refractivity contribution is 0.0931. The number of hydrogen-bond acceptors (Lipinski definition) is 1. The van der Waals surface area contributed by atoms with Gasteiger partial charge in [-0.1, -0.05) is 60.2 Å². The first-order chi connectivity index (χ1) is 11.2. The van der Waals surface area contributed by atoms with Gasteiger partial charge in [-0.15, -0.1) is 0 Å². The van der Waals surface area contributed by atoms with Gasteiger partial charge in [-0.25, -0.2) is 0 Å². The molecule has 1 saturated carbocycles. The second kappa shape index (κ2) is 5.24. The summed E-state index contributed by atoms with van der Waals surface area (Å²) < 4.78 is 0. The molecule has 114 valence electrons. The van der Waals surface area contributed by atoms with E-state index in [1.165, 1.54) is 16.3 Å². The molecule has 1 aliphatic rings. The summed E-state index contributed by atoms with van der Waals surface area (Å²) in [6.45, 7) is 2.03. The highest BCUT2D eigenvalue weighted by molar-refractivity contribution is 5.96. The molecule has 1 aliphatic carbocycles. The molecule has 0 saturated heterocycles. The van der Waals surface area contributed by atoms with Crippen LogP contribution >= 0.6 is 0 Å². The van der Waals surface area contributed by atoms with Gasteiger partial charge in [-0.3, -0.25) is 4.79 Å². The van der Waals surface area contributed by atoms with Gasteiger partial charge in [0.1, 0.15) is 0 Å². The Morgan fingerprint density at radius 1 is 0.913 bits per heavy atom. The number of benzene rings is 3. The fourth-order valence-corrected chi connectivity index (χ4v) is 3.22. The Kier molecular flexibility index (Phi) is 3.19. The minimum atomic E-state index is -0.206. The Balaban J connectivity index is 1.68. The molecule has 0 bridgehead atoms. The van der Waals surface area contributed by atoms with Gasteiger partial charge in [-0.2, -0.15) is 0 Å². The zero-order chi connectivity index (χ0) is 15.9. The third-order valence-electron chi connectivity index (χ3n) is 4.72. The van der Waals surface area contributed by atoms with Crippen molar-refractivity contribution in [2.75, 3.05) is 0 Å². The maximum Gasteiger partial charge on any atom is 0.251 e. The van der Waals surface area contributed by atoms with Crippen molar-refractivity contribution in [1.29, 1.82) is 0 Å². The van der Waals surface area contributed by atoms with E-state index < -0.39 is 0 Å². The number of amides is 1. The van der Waals surface area contributed by atoms with Crippen molar-refractivity contribution in [2.24, 2.45) is 0 Å². The van der Waals surface area contributed by atoms with Gasteiger partial charge in [0, 0.05) is 5.56 Å². The molecule has 0 aromatic heterocycles. The molecular weight excluding hydrogens is 282 g/mol. The molecule has 0 unspecified atom stereocenters. The number of nitrogens with one attached hydrogen (secondary N) is 1. The number of aryl methyl sites for hydroxylation is 1. The normalized spacial score (nSPS) is 15.3. The minimum Gasteiger partial charge on any atom is -0.342 e. The second-order valence-corrected chi connectivity index (χ2v) is 6.43. The highest BCUT2D eigenvalue weighted by Crippen LogP contribution is 2.48. The van der Waals surface area contributed by atoms with Gasteiger partial charge in [0.15, 0.2) is 0 Å². The molecule has 3 aromatic carbocycles. The van der Waals surface area contributed by atoms with Crippen LogP contribution in [0.4, 0.5) is 0 Å². The first kappa shape index (κ1) is 14.0. The molecule has 0 spiro atoms. The molecule has 1 N–H and O–H groups in total. The van der Waals surface area contributed by atoms with E-state index in [-0.39, 0.29) is 11.4 Å². The molecule has 2 nitrogen and oxygen atoms in total. The lowest BCUT2D eigenvalue weighted by Gasteiger charge is -2.20. The molecule has 0 aliphatic heterocycles. The predicted octanol–water partition coefficient (Wildman–Crippen LogP) is 4.57. The summed E-state index contributed by atoms with van der Waals surface area (Å²) in [5.41, 5.74) is 2.91. The smallest absolute Gasteiger partial charge is 0.251 e. The van der Waals surface area contributed by atoms with Crippen LogP contribution in [0.2, 0.25) is 0 Å². The van der Waals surface area contributed by atoms with E-state index in [1.807, 2.05) is 31.2 Å². The van der Waals surface area contributed by atoms with Crippen LogP contribution in [0.5, 0.6) is 0 Å². The van der Waals surface area contributed by atoms with Gasteiger partial charge in [0.2, 0.25) is 0 Å². The molecular formula is C21H19NO. The van der Waals surface area contributed by atoms with Crippen LogP contribution in [0.3, 0.4) is 0 Å². The van der Waals surface area contributed by atoms with Gasteiger partial charge < -0.3 is 5.32 Å². The first-order valence-electron chi connectivity index (χ1n) is 8.05. The zero-order valence-electron chi connectivity index (χ0n) is 13.2. The largest absolute Gasteiger partial charge is 0.342 e. The molecule has 1 amide bonds. The van der Waals surface area contributed by atoms with Crippen molar-refractivity contribution in [3.05, 3.63) is 83.4 Å². The summed E-state index contributed by atoms with van der Waals surface area (Å²) in [5, 5.41) is 5.73. The SMILES string of the molecule is Cc1ccc(C(=O)NC2(c3cccc4ccccc34)CC2)cc1. The zero-order valence-corrected chi connectivity index (χ0v) is 13.2. The number of hydrogen-bond donors (Lipinski definition) is 1. The predicted molar refractivity (Wildman–Crippen MR) is 93.5 cm³/mol. The number of fused-ring (bicyclic) bond motifs is 1. The van der Waals surface area contributed by atoms with Crippen LogP contribution in [0.15, 0.2) is 66.7 Å². The average molecular weight is 301 g/mol. The lowest BCUT2D eigenvalue weighted by Crippen LogP contribution is -2.35. The summed E-state index contributed by atoms with van der Waals surface area (Å²) in [6, 6.07) is 22.5. The van der Waals surface area contributed by atoms with Crippen molar-refractivity contribution in [1.82, 2.24) is 5.32 Å². The Labute approximate surface area is 136 Å². The first-order valence-corrected chi connectivity index (χ1v) is 8.05. The van der Waals surface area contributed by atoms with E-state index >= 15 is 0 Å². The quantitative estimate of drug-likeness (QED) is 0.754. The van der Waals surface area contributed by atoms with Crippen LogP contribution in [-0.4, -0.2) is 5.91 Å². The molecule has 2 heteroatoms. The van der Waals surface area contributed by atoms with Crippen LogP contribution in [0, 0.1) is 6.92 Å². The Bertz CT molecular complexity index is 870. The van der Waals surface area contributed by atoms with Crippen molar-refractivity contribution >= 4 is 16.7 Å². The lowest BCUT2D eigenvalue weighted by atomic mass is 9.96. The topological polar surface area (TPSA) is 29.1 Å². The Morgan fingerprint density at radius 3 is 2.35 bits per heavy atom. The van der Waals surface area contributed by atoms with E-state index in [4.69, 9.17) is 0 Å². The van der Waals surface area contributed by atoms with Crippen LogP contribution in [0.1, 0.15) is 34.3 Å². The van der Waals surface area contributed by atoms with Crippen LogP contribution < -0.4 is 5.32 Å². The maximum atomic E-state index is 12.6. The second-order valence-electron chi connectivity index (χ2n) is 6.43. The number of rotatable bonds is 3. The Hall–Kier alpha value is -2.61. The summed E-state index contributed by atoms with van der Waals surface area (Å²) in [6.07, 6.45) is 2.00. The van der Waals surface area contributed by atoms with E-state index in [0.717, 1.165) is 24.0 Å². The maximum absolute atomic E-state index is 12.6. The summed E-state index contributed by atoms with van der Waals surface area (Å²) in [4.78, 5) is 12.6. The van der Waals surface area contributed by atoms with Gasteiger partial charge in [-0.05, 0) is 48.2 Å². The van der Waals surface area contributed by atoms with Crippen LogP contribution in [-0.2, 0) is 5.54 Å². The van der Waals surface area contributed by atoms with E-state index in [9.17, 15) is 4.79 Å². The Morgan fingerprint density at radius 2 is 1.61 bits per heavy atom. The van der Waals surface area contributed by atoms with E-state index in [0.29, 0.717) is 0 Å². The van der Waals surface area contributed by atoms with E-state index in [1.54, 1.807) is 0 Å². The molecule has 0 radical (unpaired) electrons. The third-order valence-corrected chi connectivity index (χ3v) is 4.72. The standard InChI is InChI=1S/C21H19NO/c1-15-9-11-17(12-10-15)20(23)22-21(13-14-21)19-8-4-6-16-5-2-3-7-18(16)19/h2-12H,13-14H2,1H3,(H,22,23). The van der Waals surface area contributed by atoms with E-state index in [2.05, 4.69) is 47.8 Å². The fraction of sp³-hybridized carbons (Fsp3) is 0.190. The average Bonchev–Trinajstić information content (AvgIpc) is 3.35. The fourth-order valence-electron chi connectivity index (χ4n) is 3.22. The van der Waals surface area contributed by atoms with Crippen molar-refractivity contribution in [3.8, 4) is 0 Å². The number of carbonyl (C=O) groups excluding carboxylic acids is 1. The van der Waals surface area contributed by atoms with Crippen molar-refractivity contribution in [2.45, 2.75) is 25.3 Å². The number of carbonyl (C=O) groups is 1. The highest BCUT2D eigenvalue weighted by Gasteiger charge is 2.46. The minimum absolute atomic E-state index is 0.00966. The summed E-state index contributed by atoms with van der Waals surface area (Å²) >= 11 is 0. The molecule has 0 heterocycles. The summed E-state index contributed by atoms with van der Waals surface area (Å²) in [5.74, 6) is 0.00966. The van der Waals surface area contributed by atoms with Gasteiger partial charge in [0.25, 0.3) is 5.91 Å². The van der Waals surface area contributed by atoms with Gasteiger partial charge in [0.05, 0.1) is 5.54 Å².